The molecule has 0 unspecified atom stereocenters. The second kappa shape index (κ2) is 8.06. The van der Waals surface area contributed by atoms with Gasteiger partial charge in [-0.05, 0) is 47.8 Å². The van der Waals surface area contributed by atoms with Crippen molar-refractivity contribution in [2.24, 2.45) is 0 Å². The number of halogens is 3. The number of carbonyl (C=O) groups is 1. The number of thiophene rings is 1. The highest BCUT2D eigenvalue weighted by Crippen LogP contribution is 2.23. The summed E-state index contributed by atoms with van der Waals surface area (Å²) in [6.07, 6.45) is 0. The Kier molecular flexibility index (Phi) is 5.46. The molecule has 6 nitrogen and oxygen atoms in total. The third-order valence-corrected chi connectivity index (χ3v) is 5.78. The Bertz CT molecular complexity index is 1410. The molecule has 0 atom stereocenters. The summed E-state index contributed by atoms with van der Waals surface area (Å²) >= 11 is 13.2. The molecule has 0 radical (unpaired) electrons. The Morgan fingerprint density at radius 2 is 1.90 bits per heavy atom. The van der Waals surface area contributed by atoms with E-state index in [1.54, 1.807) is 29.6 Å². The molecule has 2 aromatic heterocycles. The summed E-state index contributed by atoms with van der Waals surface area (Å²) in [6.45, 7) is -0.403. The lowest BCUT2D eigenvalue weighted by Crippen LogP contribution is -2.40. The van der Waals surface area contributed by atoms with Gasteiger partial charge in [-0.2, -0.15) is 0 Å². The first-order valence-electron chi connectivity index (χ1n) is 8.59. The van der Waals surface area contributed by atoms with E-state index in [4.69, 9.17) is 23.2 Å². The lowest BCUT2D eigenvalue weighted by Gasteiger charge is -2.13. The van der Waals surface area contributed by atoms with E-state index in [-0.39, 0.29) is 16.4 Å². The Morgan fingerprint density at radius 3 is 2.67 bits per heavy atom. The fourth-order valence-electron chi connectivity index (χ4n) is 3.01. The van der Waals surface area contributed by atoms with Crippen LogP contribution in [0.15, 0.2) is 63.5 Å². The number of rotatable bonds is 4. The molecule has 0 spiro atoms. The third-order valence-electron chi connectivity index (χ3n) is 4.33. The van der Waals surface area contributed by atoms with Gasteiger partial charge in [0.25, 0.3) is 5.56 Å². The van der Waals surface area contributed by atoms with Crippen LogP contribution < -0.4 is 16.6 Å². The summed E-state index contributed by atoms with van der Waals surface area (Å²) in [5.74, 6) is -1.17. The first-order chi connectivity index (χ1) is 14.3. The molecule has 2 heterocycles. The molecule has 30 heavy (non-hydrogen) atoms. The van der Waals surface area contributed by atoms with Crippen molar-refractivity contribution in [3.05, 3.63) is 90.6 Å². The van der Waals surface area contributed by atoms with Crippen molar-refractivity contribution in [3.8, 4) is 5.69 Å². The lowest BCUT2D eigenvalue weighted by molar-refractivity contribution is -0.116. The first kappa shape index (κ1) is 20.3. The van der Waals surface area contributed by atoms with E-state index in [1.807, 2.05) is 0 Å². The van der Waals surface area contributed by atoms with Gasteiger partial charge < -0.3 is 5.32 Å². The highest BCUT2D eigenvalue weighted by Gasteiger charge is 2.18. The average molecular weight is 464 g/mol. The quantitative estimate of drug-likeness (QED) is 0.490. The number of nitrogens with one attached hydrogen (secondary N) is 1. The fourth-order valence-corrected chi connectivity index (χ4v) is 4.18. The monoisotopic (exact) mass is 463 g/mol. The molecule has 10 heteroatoms. The topological polar surface area (TPSA) is 73.1 Å². The zero-order valence-corrected chi connectivity index (χ0v) is 17.4. The van der Waals surface area contributed by atoms with Crippen molar-refractivity contribution in [1.82, 2.24) is 9.13 Å². The van der Waals surface area contributed by atoms with Gasteiger partial charge in [0.1, 0.15) is 17.1 Å². The molecule has 0 saturated heterocycles. The number of benzene rings is 2. The van der Waals surface area contributed by atoms with Crippen LogP contribution in [0.1, 0.15) is 0 Å². The number of nitrogens with zero attached hydrogens (tertiary/aromatic N) is 2. The van der Waals surface area contributed by atoms with Gasteiger partial charge in [0.15, 0.2) is 0 Å². The van der Waals surface area contributed by atoms with E-state index in [0.717, 1.165) is 28.0 Å². The molecule has 0 bridgehead atoms. The number of carbonyl (C=O) groups excluding carboxylic acids is 1. The number of hydrogen-bond donors (Lipinski definition) is 1. The molecule has 0 aliphatic rings. The van der Waals surface area contributed by atoms with Gasteiger partial charge in [-0.3, -0.25) is 14.2 Å². The van der Waals surface area contributed by atoms with E-state index in [9.17, 15) is 18.8 Å². The predicted molar refractivity (Wildman–Crippen MR) is 117 cm³/mol. The van der Waals surface area contributed by atoms with Crippen molar-refractivity contribution in [2.45, 2.75) is 6.54 Å². The van der Waals surface area contributed by atoms with Gasteiger partial charge in [0.05, 0.1) is 21.9 Å². The second-order valence-corrected chi connectivity index (χ2v) is 8.06. The van der Waals surface area contributed by atoms with Crippen molar-refractivity contribution in [2.75, 3.05) is 5.32 Å². The molecule has 0 aliphatic heterocycles. The van der Waals surface area contributed by atoms with E-state index >= 15 is 0 Å². The van der Waals surface area contributed by atoms with Crippen LogP contribution in [-0.4, -0.2) is 15.0 Å². The van der Waals surface area contributed by atoms with E-state index in [2.05, 4.69) is 5.32 Å². The normalized spacial score (nSPS) is 11.0. The number of fused-ring (bicyclic) bond motifs is 1. The first-order valence-corrected chi connectivity index (χ1v) is 10.2. The summed E-state index contributed by atoms with van der Waals surface area (Å²) in [5, 5.41) is 4.66. The molecular formula is C20H12Cl2FN3O3S. The molecule has 0 fully saturated rings. The van der Waals surface area contributed by atoms with Crippen molar-refractivity contribution >= 4 is 56.3 Å². The van der Waals surface area contributed by atoms with Crippen molar-refractivity contribution in [1.29, 1.82) is 0 Å². The highest BCUT2D eigenvalue weighted by molar-refractivity contribution is 7.17. The minimum Gasteiger partial charge on any atom is -0.323 e. The Hall–Kier alpha value is -2.94. The van der Waals surface area contributed by atoms with E-state index < -0.39 is 29.5 Å². The molecular weight excluding hydrogens is 452 g/mol. The van der Waals surface area contributed by atoms with E-state index in [1.165, 1.54) is 16.7 Å². The van der Waals surface area contributed by atoms with Crippen LogP contribution in [0.25, 0.3) is 15.9 Å². The molecule has 4 aromatic rings. The zero-order valence-electron chi connectivity index (χ0n) is 15.1. The maximum Gasteiger partial charge on any atom is 0.336 e. The molecule has 0 aliphatic carbocycles. The Morgan fingerprint density at radius 1 is 1.10 bits per heavy atom. The van der Waals surface area contributed by atoms with E-state index in [0.29, 0.717) is 15.2 Å². The largest absolute Gasteiger partial charge is 0.336 e. The third kappa shape index (κ3) is 3.77. The molecule has 152 valence electrons. The molecule has 1 N–H and O–H groups in total. The van der Waals surface area contributed by atoms with Gasteiger partial charge in [0, 0.05) is 5.02 Å². The van der Waals surface area contributed by atoms with Crippen molar-refractivity contribution < 1.29 is 9.18 Å². The smallest absolute Gasteiger partial charge is 0.323 e. The van der Waals surface area contributed by atoms with Crippen LogP contribution in [0, 0.1) is 5.82 Å². The maximum atomic E-state index is 13.5. The minimum absolute atomic E-state index is 0.0828. The minimum atomic E-state index is -0.700. The Labute approximate surface area is 182 Å². The van der Waals surface area contributed by atoms with Gasteiger partial charge in [-0.25, -0.2) is 13.8 Å². The van der Waals surface area contributed by atoms with Gasteiger partial charge in [-0.1, -0.05) is 29.3 Å². The number of amides is 1. The van der Waals surface area contributed by atoms with Gasteiger partial charge in [-0.15, -0.1) is 11.3 Å². The number of anilines is 1. The van der Waals surface area contributed by atoms with Crippen LogP contribution >= 0.6 is 34.5 Å². The maximum absolute atomic E-state index is 13.5. The molecule has 4 rings (SSSR count). The molecule has 2 aromatic carbocycles. The summed E-state index contributed by atoms with van der Waals surface area (Å²) in [6, 6.07) is 11.4. The van der Waals surface area contributed by atoms with Crippen LogP contribution in [0.3, 0.4) is 0 Å². The average Bonchev–Trinajstić information content (AvgIpc) is 3.18. The van der Waals surface area contributed by atoms with Crippen LogP contribution in [0.2, 0.25) is 10.0 Å². The molecule has 1 amide bonds. The predicted octanol–water partition coefficient (Wildman–Crippen LogP) is 4.30. The van der Waals surface area contributed by atoms with Crippen LogP contribution in [0.5, 0.6) is 0 Å². The summed E-state index contributed by atoms with van der Waals surface area (Å²) in [5.41, 5.74) is -0.505. The van der Waals surface area contributed by atoms with Gasteiger partial charge in [0.2, 0.25) is 5.91 Å². The van der Waals surface area contributed by atoms with Crippen molar-refractivity contribution in [3.63, 3.8) is 0 Å². The summed E-state index contributed by atoms with van der Waals surface area (Å²) < 4.78 is 15.9. The SMILES string of the molecule is O=C(Cn1c(=O)n(-c2cccc(Cl)c2)c(=O)c2sccc21)Nc1cc(F)ccc1Cl. The summed E-state index contributed by atoms with van der Waals surface area (Å²) in [4.78, 5) is 38.6. The zero-order chi connectivity index (χ0) is 21.4. The fraction of sp³-hybridized carbons (Fsp3) is 0.0500. The number of aromatic nitrogens is 2. The summed E-state index contributed by atoms with van der Waals surface area (Å²) in [7, 11) is 0. The number of hydrogen-bond acceptors (Lipinski definition) is 4. The highest BCUT2D eigenvalue weighted by atomic mass is 35.5. The Balaban J connectivity index is 1.80. The lowest BCUT2D eigenvalue weighted by atomic mass is 10.3. The van der Waals surface area contributed by atoms with Gasteiger partial charge >= 0.3 is 5.69 Å². The molecule has 0 saturated carbocycles. The van der Waals surface area contributed by atoms with Crippen LogP contribution in [0.4, 0.5) is 10.1 Å². The second-order valence-electron chi connectivity index (χ2n) is 6.30. The standard InChI is InChI=1S/C20H12Cl2FN3O3S/c21-11-2-1-3-13(8-11)26-19(28)18-16(6-7-30-18)25(20(26)29)10-17(27)24-15-9-12(23)4-5-14(15)22/h1-9H,10H2,(H,24,27). The van der Waals surface area contributed by atoms with Crippen LogP contribution in [-0.2, 0) is 11.3 Å².